The smallest absolute Gasteiger partial charge is 0.118 e. The van der Waals surface area contributed by atoms with Crippen LogP contribution in [-0.4, -0.2) is 44.4 Å². The van der Waals surface area contributed by atoms with Gasteiger partial charge in [-0.25, -0.2) is 0 Å². The lowest BCUT2D eigenvalue weighted by molar-refractivity contribution is 0.00563. The molecule has 1 fully saturated rings. The summed E-state index contributed by atoms with van der Waals surface area (Å²) in [7, 11) is 1.70. The van der Waals surface area contributed by atoms with Crippen molar-refractivity contribution in [2.75, 3.05) is 33.4 Å². The van der Waals surface area contributed by atoms with Crippen LogP contribution in [0, 0.1) is 0 Å². The minimum atomic E-state index is 0.425. The molecule has 1 aliphatic heterocycles. The number of benzene rings is 1. The van der Waals surface area contributed by atoms with Gasteiger partial charge in [-0.3, -0.25) is 4.90 Å². The molecule has 0 spiro atoms. The van der Waals surface area contributed by atoms with Gasteiger partial charge in [0.1, 0.15) is 5.75 Å². The lowest BCUT2D eigenvalue weighted by atomic mass is 10.1. The van der Waals surface area contributed by atoms with Crippen molar-refractivity contribution in [2.45, 2.75) is 31.9 Å². The first-order valence-electron chi connectivity index (χ1n) is 7.49. The van der Waals surface area contributed by atoms with Gasteiger partial charge in [0, 0.05) is 26.2 Å². The van der Waals surface area contributed by atoms with Gasteiger partial charge < -0.3 is 15.2 Å². The molecule has 1 aliphatic rings. The molecule has 0 unspecified atom stereocenters. The van der Waals surface area contributed by atoms with Gasteiger partial charge in [-0.15, -0.1) is 0 Å². The van der Waals surface area contributed by atoms with E-state index in [1.54, 1.807) is 7.11 Å². The third-order valence-electron chi connectivity index (χ3n) is 3.80. The van der Waals surface area contributed by atoms with Crippen molar-refractivity contribution in [3.05, 3.63) is 29.8 Å². The highest BCUT2D eigenvalue weighted by Gasteiger charge is 2.19. The molecule has 2 rings (SSSR count). The van der Waals surface area contributed by atoms with Crippen LogP contribution < -0.4 is 10.5 Å². The summed E-state index contributed by atoms with van der Waals surface area (Å²) in [5.74, 6) is 0.917. The summed E-state index contributed by atoms with van der Waals surface area (Å²) >= 11 is 0. The monoisotopic (exact) mass is 278 g/mol. The van der Waals surface area contributed by atoms with E-state index in [1.807, 2.05) is 12.1 Å². The molecule has 1 saturated heterocycles. The number of methoxy groups -OCH3 is 1. The van der Waals surface area contributed by atoms with E-state index in [0.717, 1.165) is 57.8 Å². The van der Waals surface area contributed by atoms with Gasteiger partial charge in [0.15, 0.2) is 0 Å². The van der Waals surface area contributed by atoms with Crippen LogP contribution in [-0.2, 0) is 11.3 Å². The second-order valence-corrected chi connectivity index (χ2v) is 5.34. The summed E-state index contributed by atoms with van der Waals surface area (Å²) in [6.45, 7) is 4.76. The molecule has 0 atom stereocenters. The number of nitrogens with zero attached hydrogens (tertiary/aromatic N) is 1. The van der Waals surface area contributed by atoms with Gasteiger partial charge in [-0.05, 0) is 43.5 Å². The number of likely N-dealkylation sites (tertiary alicyclic amines) is 1. The van der Waals surface area contributed by atoms with E-state index in [-0.39, 0.29) is 0 Å². The van der Waals surface area contributed by atoms with Gasteiger partial charge in [0.05, 0.1) is 13.2 Å². The third-order valence-corrected chi connectivity index (χ3v) is 3.80. The molecule has 4 nitrogen and oxygen atoms in total. The van der Waals surface area contributed by atoms with Gasteiger partial charge >= 0.3 is 0 Å². The summed E-state index contributed by atoms with van der Waals surface area (Å²) in [5.41, 5.74) is 6.82. The Kier molecular flexibility index (Phi) is 6.30. The molecule has 2 N–H and O–H groups in total. The minimum absolute atomic E-state index is 0.425. The molecule has 1 heterocycles. The summed E-state index contributed by atoms with van der Waals surface area (Å²) in [6.07, 6.45) is 3.64. The fraction of sp³-hybridized carbons (Fsp3) is 0.625. The summed E-state index contributed by atoms with van der Waals surface area (Å²) in [5, 5.41) is 0. The number of hydrogen-bond donors (Lipinski definition) is 1. The van der Waals surface area contributed by atoms with Crippen molar-refractivity contribution in [2.24, 2.45) is 5.73 Å². The molecule has 0 amide bonds. The highest BCUT2D eigenvalue weighted by atomic mass is 16.5. The molecule has 0 radical (unpaired) electrons. The standard InChI is InChI=1S/C16H26N2O2/c1-19-15-5-3-14(4-6-15)13-18-10-7-16(8-11-18)20-12-2-9-17/h3-6,16H,2,7-13,17H2,1H3. The van der Waals surface area contributed by atoms with Gasteiger partial charge in [0.2, 0.25) is 0 Å². The predicted octanol–water partition coefficient (Wildman–Crippen LogP) is 2.02. The Morgan fingerprint density at radius 2 is 1.90 bits per heavy atom. The van der Waals surface area contributed by atoms with E-state index in [4.69, 9.17) is 15.2 Å². The highest BCUT2D eigenvalue weighted by molar-refractivity contribution is 5.27. The van der Waals surface area contributed by atoms with Crippen molar-refractivity contribution in [1.82, 2.24) is 4.90 Å². The highest BCUT2D eigenvalue weighted by Crippen LogP contribution is 2.18. The first kappa shape index (κ1) is 15.3. The van der Waals surface area contributed by atoms with Crippen LogP contribution in [0.3, 0.4) is 0 Å². The van der Waals surface area contributed by atoms with Crippen LogP contribution in [0.15, 0.2) is 24.3 Å². The largest absolute Gasteiger partial charge is 0.497 e. The van der Waals surface area contributed by atoms with Crippen LogP contribution in [0.4, 0.5) is 0 Å². The molecule has 0 aromatic heterocycles. The molecule has 0 bridgehead atoms. The Morgan fingerprint density at radius 1 is 1.20 bits per heavy atom. The average molecular weight is 278 g/mol. The van der Waals surface area contributed by atoms with E-state index in [2.05, 4.69) is 17.0 Å². The molecule has 0 aliphatic carbocycles. The number of ether oxygens (including phenoxy) is 2. The fourth-order valence-electron chi connectivity index (χ4n) is 2.56. The molecule has 0 saturated carbocycles. The van der Waals surface area contributed by atoms with Crippen LogP contribution >= 0.6 is 0 Å². The Labute approximate surface area is 121 Å². The Hall–Kier alpha value is -1.10. The van der Waals surface area contributed by atoms with Crippen molar-refractivity contribution < 1.29 is 9.47 Å². The zero-order valence-corrected chi connectivity index (χ0v) is 12.4. The average Bonchev–Trinajstić information content (AvgIpc) is 2.50. The lowest BCUT2D eigenvalue weighted by Crippen LogP contribution is -2.36. The zero-order chi connectivity index (χ0) is 14.2. The molecule has 20 heavy (non-hydrogen) atoms. The Bertz CT molecular complexity index is 373. The number of nitrogens with two attached hydrogens (primary N) is 1. The van der Waals surface area contributed by atoms with E-state index in [9.17, 15) is 0 Å². The predicted molar refractivity (Wildman–Crippen MR) is 80.9 cm³/mol. The number of piperidine rings is 1. The van der Waals surface area contributed by atoms with E-state index < -0.39 is 0 Å². The summed E-state index contributed by atoms with van der Waals surface area (Å²) in [6, 6.07) is 8.33. The van der Waals surface area contributed by atoms with Crippen molar-refractivity contribution in [3.63, 3.8) is 0 Å². The SMILES string of the molecule is COc1ccc(CN2CCC(OCCCN)CC2)cc1. The quantitative estimate of drug-likeness (QED) is 0.775. The normalized spacial score (nSPS) is 17.3. The third kappa shape index (κ3) is 4.78. The van der Waals surface area contributed by atoms with E-state index in [1.165, 1.54) is 5.56 Å². The van der Waals surface area contributed by atoms with Crippen LogP contribution in [0.1, 0.15) is 24.8 Å². The van der Waals surface area contributed by atoms with Crippen LogP contribution in [0.25, 0.3) is 0 Å². The molecular formula is C16H26N2O2. The first-order valence-corrected chi connectivity index (χ1v) is 7.49. The summed E-state index contributed by atoms with van der Waals surface area (Å²) < 4.78 is 11.0. The molecular weight excluding hydrogens is 252 g/mol. The maximum absolute atomic E-state index is 5.83. The Morgan fingerprint density at radius 3 is 2.50 bits per heavy atom. The maximum atomic E-state index is 5.83. The molecule has 4 heteroatoms. The topological polar surface area (TPSA) is 47.7 Å². The Balaban J connectivity index is 1.70. The van der Waals surface area contributed by atoms with Crippen molar-refractivity contribution >= 4 is 0 Å². The van der Waals surface area contributed by atoms with Crippen LogP contribution in [0.2, 0.25) is 0 Å². The van der Waals surface area contributed by atoms with Crippen molar-refractivity contribution in [3.8, 4) is 5.75 Å². The molecule has 112 valence electrons. The minimum Gasteiger partial charge on any atom is -0.497 e. The fourth-order valence-corrected chi connectivity index (χ4v) is 2.56. The second-order valence-electron chi connectivity index (χ2n) is 5.34. The van der Waals surface area contributed by atoms with Gasteiger partial charge in [0.25, 0.3) is 0 Å². The zero-order valence-electron chi connectivity index (χ0n) is 12.4. The van der Waals surface area contributed by atoms with E-state index in [0.29, 0.717) is 6.10 Å². The summed E-state index contributed by atoms with van der Waals surface area (Å²) in [4.78, 5) is 2.49. The second kappa shape index (κ2) is 8.25. The van der Waals surface area contributed by atoms with Crippen LogP contribution in [0.5, 0.6) is 5.75 Å². The first-order chi connectivity index (χ1) is 9.81. The lowest BCUT2D eigenvalue weighted by Gasteiger charge is -2.32. The number of rotatable bonds is 7. The maximum Gasteiger partial charge on any atom is 0.118 e. The number of hydrogen-bond acceptors (Lipinski definition) is 4. The van der Waals surface area contributed by atoms with Gasteiger partial charge in [-0.2, -0.15) is 0 Å². The van der Waals surface area contributed by atoms with E-state index >= 15 is 0 Å². The molecule has 1 aromatic carbocycles. The van der Waals surface area contributed by atoms with Gasteiger partial charge in [-0.1, -0.05) is 12.1 Å². The van der Waals surface area contributed by atoms with Crippen molar-refractivity contribution in [1.29, 1.82) is 0 Å². The molecule has 1 aromatic rings.